The molecule has 0 N–H and O–H groups in total. The summed E-state index contributed by atoms with van der Waals surface area (Å²) in [6.07, 6.45) is 12.7. The molecule has 5 heteroatoms. The summed E-state index contributed by atoms with van der Waals surface area (Å²) in [4.78, 5) is 28.3. The van der Waals surface area contributed by atoms with E-state index in [1.165, 1.54) is 0 Å². The molecule has 26 heavy (non-hydrogen) atoms. The van der Waals surface area contributed by atoms with Crippen LogP contribution in [0.3, 0.4) is 0 Å². The first-order chi connectivity index (χ1) is 12.7. The number of carbonyl (C=O) groups is 1. The molecule has 1 saturated heterocycles. The standard InChI is InChI=1S/C21H24N4O/c1-15-12-23-20(17-8-4-10-22-13-17)24-19(15)18-9-5-11-25(14-18)21(26)16-6-2-3-7-16/h4,6,8,10,12-13,18H,2-3,5,7,9,11,14H2,1H3/t18-/m0/s1. The SMILES string of the molecule is Cc1cnc(-c2cccnc2)nc1[C@H]1CCCN(C(=O)C2=CCCC2)C1. The Balaban J connectivity index is 1.57. The lowest BCUT2D eigenvalue weighted by Gasteiger charge is -2.33. The molecule has 3 heterocycles. The van der Waals surface area contributed by atoms with E-state index in [2.05, 4.69) is 23.0 Å². The normalized spacial score (nSPS) is 20.1. The average molecular weight is 348 g/mol. The number of likely N-dealkylation sites (tertiary alicyclic amines) is 1. The molecule has 0 saturated carbocycles. The summed E-state index contributed by atoms with van der Waals surface area (Å²) in [5.74, 6) is 1.21. The van der Waals surface area contributed by atoms with Crippen molar-refractivity contribution in [2.45, 2.75) is 44.9 Å². The number of amides is 1. The fourth-order valence-corrected chi connectivity index (χ4v) is 3.96. The molecular formula is C21H24N4O. The molecule has 0 unspecified atom stereocenters. The van der Waals surface area contributed by atoms with Crippen LogP contribution in [0.25, 0.3) is 11.4 Å². The van der Waals surface area contributed by atoms with Crippen molar-refractivity contribution in [2.75, 3.05) is 13.1 Å². The van der Waals surface area contributed by atoms with Crippen molar-refractivity contribution in [3.8, 4) is 11.4 Å². The number of carbonyl (C=O) groups excluding carboxylic acids is 1. The van der Waals surface area contributed by atoms with Gasteiger partial charge in [0.1, 0.15) is 0 Å². The van der Waals surface area contributed by atoms with Gasteiger partial charge in [-0.3, -0.25) is 9.78 Å². The Labute approximate surface area is 154 Å². The van der Waals surface area contributed by atoms with E-state index in [0.29, 0.717) is 5.82 Å². The molecule has 1 amide bonds. The topological polar surface area (TPSA) is 59.0 Å². The predicted molar refractivity (Wildman–Crippen MR) is 100 cm³/mol. The van der Waals surface area contributed by atoms with Crippen LogP contribution in [0.15, 0.2) is 42.4 Å². The van der Waals surface area contributed by atoms with Gasteiger partial charge in [0, 0.05) is 48.7 Å². The second-order valence-electron chi connectivity index (χ2n) is 7.22. The van der Waals surface area contributed by atoms with Crippen LogP contribution in [0.2, 0.25) is 0 Å². The molecule has 2 aliphatic rings. The van der Waals surface area contributed by atoms with Crippen molar-refractivity contribution in [2.24, 2.45) is 0 Å². The largest absolute Gasteiger partial charge is 0.338 e. The van der Waals surface area contributed by atoms with Crippen molar-refractivity contribution in [1.29, 1.82) is 0 Å². The van der Waals surface area contributed by atoms with E-state index in [4.69, 9.17) is 4.98 Å². The van der Waals surface area contributed by atoms with Crippen LogP contribution in [-0.4, -0.2) is 38.8 Å². The van der Waals surface area contributed by atoms with Crippen LogP contribution in [-0.2, 0) is 4.79 Å². The number of hydrogen-bond donors (Lipinski definition) is 0. The summed E-state index contributed by atoms with van der Waals surface area (Å²) in [6.45, 7) is 3.66. The highest BCUT2D eigenvalue weighted by Crippen LogP contribution is 2.30. The van der Waals surface area contributed by atoms with Crippen LogP contribution >= 0.6 is 0 Å². The maximum absolute atomic E-state index is 12.8. The molecule has 2 aromatic rings. The van der Waals surface area contributed by atoms with Gasteiger partial charge in [-0.15, -0.1) is 0 Å². The van der Waals surface area contributed by atoms with Crippen LogP contribution in [0.1, 0.15) is 49.3 Å². The lowest BCUT2D eigenvalue weighted by Crippen LogP contribution is -2.40. The predicted octanol–water partition coefficient (Wildman–Crippen LogP) is 3.66. The van der Waals surface area contributed by atoms with Crippen LogP contribution in [0.4, 0.5) is 0 Å². The van der Waals surface area contributed by atoms with Crippen molar-refractivity contribution >= 4 is 5.91 Å². The number of rotatable bonds is 3. The Morgan fingerprint density at radius 2 is 2.19 bits per heavy atom. The summed E-state index contributed by atoms with van der Waals surface area (Å²) >= 11 is 0. The van der Waals surface area contributed by atoms with Crippen molar-refractivity contribution in [3.05, 3.63) is 53.6 Å². The molecule has 1 aliphatic heterocycles. The fourth-order valence-electron chi connectivity index (χ4n) is 3.96. The number of aromatic nitrogens is 3. The van der Waals surface area contributed by atoms with Crippen molar-refractivity contribution < 1.29 is 4.79 Å². The number of piperidine rings is 1. The van der Waals surface area contributed by atoms with E-state index in [0.717, 1.165) is 67.6 Å². The summed E-state index contributed by atoms with van der Waals surface area (Å²) in [6, 6.07) is 3.87. The zero-order chi connectivity index (χ0) is 17.9. The lowest BCUT2D eigenvalue weighted by molar-refractivity contribution is -0.128. The molecular weight excluding hydrogens is 324 g/mol. The van der Waals surface area contributed by atoms with Gasteiger partial charge in [-0.25, -0.2) is 9.97 Å². The van der Waals surface area contributed by atoms with Crippen molar-refractivity contribution in [3.63, 3.8) is 0 Å². The maximum Gasteiger partial charge on any atom is 0.249 e. The number of allylic oxidation sites excluding steroid dienone is 1. The molecule has 5 nitrogen and oxygen atoms in total. The van der Waals surface area contributed by atoms with Crippen molar-refractivity contribution in [1.82, 2.24) is 19.9 Å². The Bertz CT molecular complexity index is 831. The zero-order valence-corrected chi connectivity index (χ0v) is 15.2. The highest BCUT2D eigenvalue weighted by molar-refractivity contribution is 5.93. The van der Waals surface area contributed by atoms with E-state index >= 15 is 0 Å². The number of nitrogens with zero attached hydrogens (tertiary/aromatic N) is 4. The summed E-state index contributed by atoms with van der Waals surface area (Å²) < 4.78 is 0. The minimum absolute atomic E-state index is 0.228. The maximum atomic E-state index is 12.8. The first kappa shape index (κ1) is 16.9. The number of pyridine rings is 1. The highest BCUT2D eigenvalue weighted by Gasteiger charge is 2.29. The molecule has 0 spiro atoms. The Morgan fingerprint density at radius 3 is 2.96 bits per heavy atom. The number of aryl methyl sites for hydroxylation is 1. The van der Waals surface area contributed by atoms with Gasteiger partial charge < -0.3 is 4.90 Å². The van der Waals surface area contributed by atoms with Crippen LogP contribution in [0.5, 0.6) is 0 Å². The van der Waals surface area contributed by atoms with E-state index in [9.17, 15) is 4.79 Å². The third-order valence-electron chi connectivity index (χ3n) is 5.34. The quantitative estimate of drug-likeness (QED) is 0.849. The van der Waals surface area contributed by atoms with Crippen LogP contribution < -0.4 is 0 Å². The monoisotopic (exact) mass is 348 g/mol. The highest BCUT2D eigenvalue weighted by atomic mass is 16.2. The molecule has 2 aromatic heterocycles. The van der Waals surface area contributed by atoms with E-state index in [1.807, 2.05) is 23.2 Å². The molecule has 0 bridgehead atoms. The van der Waals surface area contributed by atoms with E-state index < -0.39 is 0 Å². The molecule has 4 rings (SSSR count). The molecule has 1 aliphatic carbocycles. The first-order valence-electron chi connectivity index (χ1n) is 9.44. The molecule has 1 atom stereocenters. The zero-order valence-electron chi connectivity index (χ0n) is 15.2. The van der Waals surface area contributed by atoms with Crippen LogP contribution in [0, 0.1) is 6.92 Å². The third-order valence-corrected chi connectivity index (χ3v) is 5.34. The van der Waals surface area contributed by atoms with E-state index in [-0.39, 0.29) is 11.8 Å². The Kier molecular flexibility index (Phi) is 4.78. The third kappa shape index (κ3) is 3.39. The minimum Gasteiger partial charge on any atom is -0.338 e. The Hall–Kier alpha value is -2.56. The summed E-state index contributed by atoms with van der Waals surface area (Å²) in [5.41, 5.74) is 4.09. The molecule has 1 fully saturated rings. The van der Waals surface area contributed by atoms with Gasteiger partial charge in [-0.1, -0.05) is 6.08 Å². The average Bonchev–Trinajstić information content (AvgIpc) is 3.23. The van der Waals surface area contributed by atoms with Gasteiger partial charge in [0.05, 0.1) is 5.69 Å². The van der Waals surface area contributed by atoms with Gasteiger partial charge in [0.2, 0.25) is 5.91 Å². The Morgan fingerprint density at radius 1 is 1.27 bits per heavy atom. The smallest absolute Gasteiger partial charge is 0.249 e. The fraction of sp³-hybridized carbons (Fsp3) is 0.429. The second-order valence-corrected chi connectivity index (χ2v) is 7.22. The minimum atomic E-state index is 0.228. The summed E-state index contributed by atoms with van der Waals surface area (Å²) in [7, 11) is 0. The van der Waals surface area contributed by atoms with Gasteiger partial charge in [-0.2, -0.15) is 0 Å². The summed E-state index contributed by atoms with van der Waals surface area (Å²) in [5, 5.41) is 0. The molecule has 134 valence electrons. The second kappa shape index (κ2) is 7.36. The lowest BCUT2D eigenvalue weighted by atomic mass is 9.91. The van der Waals surface area contributed by atoms with Gasteiger partial charge in [0.15, 0.2) is 5.82 Å². The van der Waals surface area contributed by atoms with Gasteiger partial charge >= 0.3 is 0 Å². The number of hydrogen-bond acceptors (Lipinski definition) is 4. The molecule has 0 radical (unpaired) electrons. The van der Waals surface area contributed by atoms with Gasteiger partial charge in [0.25, 0.3) is 0 Å². The van der Waals surface area contributed by atoms with Gasteiger partial charge in [-0.05, 0) is 56.7 Å². The first-order valence-corrected chi connectivity index (χ1v) is 9.44. The molecule has 0 aromatic carbocycles. The van der Waals surface area contributed by atoms with E-state index in [1.54, 1.807) is 12.4 Å².